The molecule has 1 unspecified atom stereocenters. The van der Waals surface area contributed by atoms with Gasteiger partial charge in [-0.1, -0.05) is 25.1 Å². The number of methoxy groups -OCH3 is 1. The highest BCUT2D eigenvalue weighted by Crippen LogP contribution is 2.21. The van der Waals surface area contributed by atoms with Gasteiger partial charge < -0.3 is 19.9 Å². The van der Waals surface area contributed by atoms with Gasteiger partial charge >= 0.3 is 0 Å². The summed E-state index contributed by atoms with van der Waals surface area (Å²) >= 11 is 0. The number of aliphatic imine (C=N–C) groups is 1. The Bertz CT molecular complexity index is 823. The third-order valence-electron chi connectivity index (χ3n) is 4.19. The normalized spacial score (nSPS) is 12.1. The molecule has 0 saturated carbocycles. The molecule has 0 radical (unpaired) electrons. The maximum Gasteiger partial charge on any atom is 0.192 e. The van der Waals surface area contributed by atoms with E-state index in [-0.39, 0.29) is 41.6 Å². The Morgan fingerprint density at radius 3 is 2.79 bits per heavy atom. The summed E-state index contributed by atoms with van der Waals surface area (Å²) in [6, 6.07) is 4.79. The number of hydrogen-bond acceptors (Lipinski definition) is 4. The van der Waals surface area contributed by atoms with Gasteiger partial charge in [-0.2, -0.15) is 0 Å². The van der Waals surface area contributed by atoms with Crippen molar-refractivity contribution in [2.45, 2.75) is 39.8 Å². The van der Waals surface area contributed by atoms with Crippen LogP contribution >= 0.6 is 24.0 Å². The molecule has 0 amide bonds. The number of aryl methyl sites for hydroxylation is 1. The smallest absolute Gasteiger partial charge is 0.192 e. The summed E-state index contributed by atoms with van der Waals surface area (Å²) in [5.41, 5.74) is 1.76. The third kappa shape index (κ3) is 7.64. The third-order valence-corrected chi connectivity index (χ3v) is 4.19. The van der Waals surface area contributed by atoms with Crippen LogP contribution in [0, 0.1) is 5.82 Å². The molecule has 9 heteroatoms. The van der Waals surface area contributed by atoms with Gasteiger partial charge in [0.2, 0.25) is 0 Å². The average Bonchev–Trinajstić information content (AvgIpc) is 3.13. The van der Waals surface area contributed by atoms with Crippen molar-refractivity contribution in [3.8, 4) is 5.75 Å². The van der Waals surface area contributed by atoms with Gasteiger partial charge in [-0.05, 0) is 31.5 Å². The van der Waals surface area contributed by atoms with Crippen LogP contribution in [0.2, 0.25) is 0 Å². The number of nitrogens with zero attached hydrogens (tertiary/aromatic N) is 4. The molecule has 0 spiro atoms. The number of halogens is 2. The molecule has 0 aliphatic carbocycles. The fourth-order valence-corrected chi connectivity index (χ4v) is 2.64. The SMILES string of the molecule is C=C(C)CN=C(NCCn1cnnc1CC)NC(C)c1ccc(OC)c(F)c1.I. The van der Waals surface area contributed by atoms with Crippen molar-refractivity contribution in [2.24, 2.45) is 4.99 Å². The van der Waals surface area contributed by atoms with Crippen molar-refractivity contribution in [1.29, 1.82) is 0 Å². The maximum atomic E-state index is 14.0. The Labute approximate surface area is 188 Å². The van der Waals surface area contributed by atoms with E-state index < -0.39 is 0 Å². The zero-order chi connectivity index (χ0) is 20.5. The molecule has 2 rings (SSSR count). The van der Waals surface area contributed by atoms with E-state index in [1.165, 1.54) is 13.2 Å². The van der Waals surface area contributed by atoms with Crippen LogP contribution in [-0.2, 0) is 13.0 Å². The first-order valence-corrected chi connectivity index (χ1v) is 9.34. The fourth-order valence-electron chi connectivity index (χ4n) is 2.64. The lowest BCUT2D eigenvalue weighted by Gasteiger charge is -2.19. The first kappa shape index (κ1) is 24.9. The molecular formula is C20H30FIN6O. The molecule has 2 N–H and O–H groups in total. The minimum atomic E-state index is -0.387. The highest BCUT2D eigenvalue weighted by atomic mass is 127. The number of nitrogens with one attached hydrogen (secondary N) is 2. The van der Waals surface area contributed by atoms with E-state index in [9.17, 15) is 4.39 Å². The number of hydrogen-bond donors (Lipinski definition) is 2. The molecule has 29 heavy (non-hydrogen) atoms. The van der Waals surface area contributed by atoms with Gasteiger partial charge in [-0.25, -0.2) is 9.38 Å². The lowest BCUT2D eigenvalue weighted by Crippen LogP contribution is -2.40. The zero-order valence-electron chi connectivity index (χ0n) is 17.4. The number of guanidine groups is 1. The van der Waals surface area contributed by atoms with Gasteiger partial charge in [0.05, 0.1) is 19.7 Å². The summed E-state index contributed by atoms with van der Waals surface area (Å²) < 4.78 is 21.0. The first-order chi connectivity index (χ1) is 13.4. The fraction of sp³-hybridized carbons (Fsp3) is 0.450. The molecule has 160 valence electrons. The van der Waals surface area contributed by atoms with Crippen molar-refractivity contribution in [3.05, 3.63) is 53.9 Å². The van der Waals surface area contributed by atoms with Gasteiger partial charge in [0, 0.05) is 19.5 Å². The second kappa shape index (κ2) is 12.4. The van der Waals surface area contributed by atoms with E-state index in [2.05, 4.69) is 32.4 Å². The van der Waals surface area contributed by atoms with Crippen LogP contribution in [-0.4, -0.2) is 40.9 Å². The second-order valence-corrected chi connectivity index (χ2v) is 6.60. The Kier molecular flexibility index (Phi) is 10.6. The van der Waals surface area contributed by atoms with Crippen LogP contribution in [0.4, 0.5) is 4.39 Å². The van der Waals surface area contributed by atoms with Crippen LogP contribution < -0.4 is 15.4 Å². The molecule has 0 bridgehead atoms. The molecule has 2 aromatic rings. The van der Waals surface area contributed by atoms with Gasteiger partial charge in [-0.15, -0.1) is 34.2 Å². The Morgan fingerprint density at radius 1 is 1.41 bits per heavy atom. The van der Waals surface area contributed by atoms with Gasteiger partial charge in [-0.3, -0.25) is 0 Å². The van der Waals surface area contributed by atoms with Gasteiger partial charge in [0.25, 0.3) is 0 Å². The predicted octanol–water partition coefficient (Wildman–Crippen LogP) is 3.48. The van der Waals surface area contributed by atoms with E-state index >= 15 is 0 Å². The topological polar surface area (TPSA) is 76.4 Å². The molecule has 0 saturated heterocycles. The summed E-state index contributed by atoms with van der Waals surface area (Å²) in [6.07, 6.45) is 2.55. The highest BCUT2D eigenvalue weighted by molar-refractivity contribution is 14.0. The van der Waals surface area contributed by atoms with Crippen molar-refractivity contribution >= 4 is 29.9 Å². The van der Waals surface area contributed by atoms with E-state index in [0.717, 1.165) is 29.9 Å². The first-order valence-electron chi connectivity index (χ1n) is 9.34. The average molecular weight is 516 g/mol. The Morgan fingerprint density at radius 2 is 2.17 bits per heavy atom. The number of ether oxygens (including phenoxy) is 1. The minimum Gasteiger partial charge on any atom is -0.494 e. The quantitative estimate of drug-likeness (QED) is 0.231. The molecule has 1 atom stereocenters. The standard InChI is InChI=1S/C20H29FN6O.HI/c1-6-19-26-24-13-27(19)10-9-22-20(23-12-14(2)3)25-15(4)16-7-8-18(28-5)17(21)11-16;/h7-8,11,13,15H,2,6,9-10,12H2,1,3-5H3,(H2,22,23,25);1H. The highest BCUT2D eigenvalue weighted by Gasteiger charge is 2.12. The van der Waals surface area contributed by atoms with Gasteiger partial charge in [0.1, 0.15) is 12.2 Å². The van der Waals surface area contributed by atoms with Crippen LogP contribution in [0.3, 0.4) is 0 Å². The number of rotatable bonds is 9. The Hall–Kier alpha value is -2.17. The molecule has 1 aromatic carbocycles. The molecule has 0 fully saturated rings. The van der Waals surface area contributed by atoms with Crippen molar-refractivity contribution in [3.63, 3.8) is 0 Å². The van der Waals surface area contributed by atoms with Crippen molar-refractivity contribution in [2.75, 3.05) is 20.2 Å². The van der Waals surface area contributed by atoms with Crippen LogP contribution in [0.1, 0.15) is 38.2 Å². The van der Waals surface area contributed by atoms with E-state index in [1.807, 2.05) is 31.4 Å². The van der Waals surface area contributed by atoms with Crippen LogP contribution in [0.5, 0.6) is 5.75 Å². The molecule has 7 nitrogen and oxygen atoms in total. The maximum absolute atomic E-state index is 14.0. The van der Waals surface area contributed by atoms with Crippen LogP contribution in [0.25, 0.3) is 0 Å². The molecule has 1 aromatic heterocycles. The predicted molar refractivity (Wildman–Crippen MR) is 124 cm³/mol. The lowest BCUT2D eigenvalue weighted by atomic mass is 10.1. The number of benzene rings is 1. The van der Waals surface area contributed by atoms with Crippen LogP contribution in [0.15, 0.2) is 41.7 Å². The van der Waals surface area contributed by atoms with Crippen molar-refractivity contribution < 1.29 is 9.13 Å². The second-order valence-electron chi connectivity index (χ2n) is 6.60. The van der Waals surface area contributed by atoms with E-state index in [0.29, 0.717) is 19.0 Å². The molecular weight excluding hydrogens is 486 g/mol. The molecule has 0 aliphatic heterocycles. The number of aromatic nitrogens is 3. The summed E-state index contributed by atoms with van der Waals surface area (Å²) in [5.74, 6) is 1.42. The van der Waals surface area contributed by atoms with Gasteiger partial charge in [0.15, 0.2) is 17.5 Å². The lowest BCUT2D eigenvalue weighted by molar-refractivity contribution is 0.386. The van der Waals surface area contributed by atoms with Crippen molar-refractivity contribution in [1.82, 2.24) is 25.4 Å². The minimum absolute atomic E-state index is 0. The monoisotopic (exact) mass is 516 g/mol. The molecule has 0 aliphatic rings. The Balaban J connectivity index is 0.00000420. The summed E-state index contributed by atoms with van der Waals surface area (Å²) in [7, 11) is 1.45. The van der Waals surface area contributed by atoms with E-state index in [1.54, 1.807) is 12.4 Å². The van der Waals surface area contributed by atoms with E-state index in [4.69, 9.17) is 4.74 Å². The zero-order valence-corrected chi connectivity index (χ0v) is 19.7. The largest absolute Gasteiger partial charge is 0.494 e. The summed E-state index contributed by atoms with van der Waals surface area (Å²) in [5, 5.41) is 14.6. The summed E-state index contributed by atoms with van der Waals surface area (Å²) in [4.78, 5) is 4.54. The summed E-state index contributed by atoms with van der Waals surface area (Å²) in [6.45, 7) is 11.7. The molecule has 1 heterocycles.